The first-order chi connectivity index (χ1) is 11.7. The highest BCUT2D eigenvalue weighted by molar-refractivity contribution is 6.35. The second kappa shape index (κ2) is 14.3. The summed E-state index contributed by atoms with van der Waals surface area (Å²) in [6.07, 6.45) is 14.7. The van der Waals surface area contributed by atoms with Crippen molar-refractivity contribution in [1.82, 2.24) is 10.6 Å². The van der Waals surface area contributed by atoms with E-state index in [0.717, 1.165) is 32.3 Å². The Bertz CT molecular complexity index is 342. The zero-order valence-corrected chi connectivity index (χ0v) is 15.4. The minimum atomic E-state index is -0.544. The van der Waals surface area contributed by atoms with Crippen LogP contribution in [0.1, 0.15) is 84.0 Å². The second-order valence-corrected chi connectivity index (χ2v) is 6.78. The molecule has 1 saturated heterocycles. The third-order valence-corrected chi connectivity index (χ3v) is 4.54. The summed E-state index contributed by atoms with van der Waals surface area (Å²) in [6, 6.07) is 0. The van der Waals surface area contributed by atoms with Crippen molar-refractivity contribution in [2.24, 2.45) is 0 Å². The molecule has 0 aliphatic carbocycles. The highest BCUT2D eigenvalue weighted by Crippen LogP contribution is 2.11. The van der Waals surface area contributed by atoms with Crippen LogP contribution in [0.3, 0.4) is 0 Å². The van der Waals surface area contributed by atoms with Crippen molar-refractivity contribution in [1.29, 1.82) is 0 Å². The normalized spacial score (nSPS) is 17.0. The molecule has 5 heteroatoms. The molecule has 0 saturated carbocycles. The highest BCUT2D eigenvalue weighted by Gasteiger charge is 2.18. The van der Waals surface area contributed by atoms with Crippen molar-refractivity contribution < 1.29 is 14.3 Å². The fraction of sp³-hybridized carbons (Fsp3) is 0.895. The Hall–Kier alpha value is -1.10. The van der Waals surface area contributed by atoms with Gasteiger partial charge in [0.1, 0.15) is 0 Å². The van der Waals surface area contributed by atoms with E-state index in [1.807, 2.05) is 0 Å². The Morgan fingerprint density at radius 3 is 2.04 bits per heavy atom. The molecule has 140 valence electrons. The van der Waals surface area contributed by atoms with E-state index in [-0.39, 0.29) is 6.10 Å². The molecule has 0 radical (unpaired) electrons. The number of nitrogens with one attached hydrogen (secondary N) is 2. The van der Waals surface area contributed by atoms with Crippen LogP contribution >= 0.6 is 0 Å². The predicted octanol–water partition coefficient (Wildman–Crippen LogP) is 3.32. The largest absolute Gasteiger partial charge is 0.376 e. The molecule has 0 spiro atoms. The van der Waals surface area contributed by atoms with Crippen LogP contribution in [0.2, 0.25) is 0 Å². The molecule has 2 N–H and O–H groups in total. The van der Waals surface area contributed by atoms with E-state index in [0.29, 0.717) is 13.1 Å². The van der Waals surface area contributed by atoms with E-state index in [4.69, 9.17) is 4.74 Å². The Morgan fingerprint density at radius 2 is 1.46 bits per heavy atom. The van der Waals surface area contributed by atoms with Crippen LogP contribution in [-0.4, -0.2) is 37.6 Å². The highest BCUT2D eigenvalue weighted by atomic mass is 16.5. The van der Waals surface area contributed by atoms with Gasteiger partial charge in [-0.15, -0.1) is 0 Å². The number of hydrogen-bond acceptors (Lipinski definition) is 3. The van der Waals surface area contributed by atoms with Gasteiger partial charge in [-0.1, -0.05) is 64.7 Å². The number of ether oxygens (including phenoxy) is 1. The predicted molar refractivity (Wildman–Crippen MR) is 96.8 cm³/mol. The van der Waals surface area contributed by atoms with Crippen molar-refractivity contribution >= 4 is 11.8 Å². The van der Waals surface area contributed by atoms with Crippen LogP contribution in [0.5, 0.6) is 0 Å². The van der Waals surface area contributed by atoms with Gasteiger partial charge in [0.05, 0.1) is 6.10 Å². The molecule has 1 rings (SSSR count). The molecule has 0 bridgehead atoms. The molecule has 1 atom stereocenters. The maximum absolute atomic E-state index is 11.6. The first kappa shape index (κ1) is 20.9. The average molecular weight is 341 g/mol. The summed E-state index contributed by atoms with van der Waals surface area (Å²) in [5.41, 5.74) is 0. The van der Waals surface area contributed by atoms with Crippen molar-refractivity contribution in [2.45, 2.75) is 90.1 Å². The number of carbonyl (C=O) groups excluding carboxylic acids is 2. The minimum Gasteiger partial charge on any atom is -0.376 e. The summed E-state index contributed by atoms with van der Waals surface area (Å²) >= 11 is 0. The Kier molecular flexibility index (Phi) is 12.4. The van der Waals surface area contributed by atoms with Crippen molar-refractivity contribution in [3.8, 4) is 0 Å². The monoisotopic (exact) mass is 340 g/mol. The van der Waals surface area contributed by atoms with Crippen LogP contribution in [0.15, 0.2) is 0 Å². The quantitative estimate of drug-likeness (QED) is 0.399. The van der Waals surface area contributed by atoms with Gasteiger partial charge >= 0.3 is 11.8 Å². The van der Waals surface area contributed by atoms with Crippen molar-refractivity contribution in [3.05, 3.63) is 0 Å². The number of amides is 2. The van der Waals surface area contributed by atoms with Gasteiger partial charge < -0.3 is 15.4 Å². The number of carbonyl (C=O) groups is 2. The van der Waals surface area contributed by atoms with Gasteiger partial charge in [0.2, 0.25) is 0 Å². The molecule has 0 aromatic heterocycles. The fourth-order valence-electron chi connectivity index (χ4n) is 2.99. The maximum Gasteiger partial charge on any atom is 0.309 e. The van der Waals surface area contributed by atoms with Gasteiger partial charge in [-0.3, -0.25) is 9.59 Å². The van der Waals surface area contributed by atoms with Crippen LogP contribution in [-0.2, 0) is 14.3 Å². The number of unbranched alkanes of at least 4 members (excludes halogenated alkanes) is 9. The molecule has 1 aliphatic rings. The Labute approximate surface area is 147 Å². The molecule has 0 unspecified atom stereocenters. The van der Waals surface area contributed by atoms with Gasteiger partial charge in [-0.05, 0) is 19.3 Å². The zero-order chi connectivity index (χ0) is 17.5. The maximum atomic E-state index is 11.6. The van der Waals surface area contributed by atoms with E-state index in [2.05, 4.69) is 17.6 Å². The third-order valence-electron chi connectivity index (χ3n) is 4.54. The van der Waals surface area contributed by atoms with Crippen molar-refractivity contribution in [2.75, 3.05) is 19.7 Å². The van der Waals surface area contributed by atoms with E-state index in [1.165, 1.54) is 51.4 Å². The summed E-state index contributed by atoms with van der Waals surface area (Å²) in [4.78, 5) is 23.3. The molecule has 1 fully saturated rings. The lowest BCUT2D eigenvalue weighted by atomic mass is 10.1. The summed E-state index contributed by atoms with van der Waals surface area (Å²) in [5, 5.41) is 5.33. The van der Waals surface area contributed by atoms with E-state index in [1.54, 1.807) is 0 Å². The molecule has 1 aliphatic heterocycles. The van der Waals surface area contributed by atoms with Crippen LogP contribution < -0.4 is 10.6 Å². The standard InChI is InChI=1S/C19H36N2O3/c1-2-3-4-5-6-7-8-9-10-11-14-20-18(22)19(23)21-16-17-13-12-15-24-17/h17H,2-16H2,1H3,(H,20,22)(H,21,23)/t17-/m0/s1. The summed E-state index contributed by atoms with van der Waals surface area (Å²) in [7, 11) is 0. The number of hydrogen-bond donors (Lipinski definition) is 2. The van der Waals surface area contributed by atoms with Crippen LogP contribution in [0.25, 0.3) is 0 Å². The summed E-state index contributed by atoms with van der Waals surface area (Å²) in [5.74, 6) is -1.07. The van der Waals surface area contributed by atoms with Crippen LogP contribution in [0.4, 0.5) is 0 Å². The molecule has 0 aromatic rings. The van der Waals surface area contributed by atoms with Gasteiger partial charge in [0.15, 0.2) is 0 Å². The lowest BCUT2D eigenvalue weighted by Gasteiger charge is -2.10. The topological polar surface area (TPSA) is 67.4 Å². The lowest BCUT2D eigenvalue weighted by Crippen LogP contribution is -2.42. The average Bonchev–Trinajstić information content (AvgIpc) is 3.10. The van der Waals surface area contributed by atoms with Crippen LogP contribution in [0, 0.1) is 0 Å². The van der Waals surface area contributed by atoms with E-state index < -0.39 is 11.8 Å². The Balaban J connectivity index is 1.85. The van der Waals surface area contributed by atoms with Crippen molar-refractivity contribution in [3.63, 3.8) is 0 Å². The third kappa shape index (κ3) is 10.6. The molecule has 0 aromatic carbocycles. The van der Waals surface area contributed by atoms with E-state index >= 15 is 0 Å². The minimum absolute atomic E-state index is 0.0729. The van der Waals surface area contributed by atoms with Gasteiger partial charge in [0, 0.05) is 19.7 Å². The van der Waals surface area contributed by atoms with Gasteiger partial charge in [0.25, 0.3) is 0 Å². The first-order valence-electron chi connectivity index (χ1n) is 9.91. The second-order valence-electron chi connectivity index (χ2n) is 6.78. The number of rotatable bonds is 13. The Morgan fingerprint density at radius 1 is 0.875 bits per heavy atom. The zero-order valence-electron chi connectivity index (χ0n) is 15.4. The molecular formula is C19H36N2O3. The summed E-state index contributed by atoms with van der Waals surface area (Å²) in [6.45, 7) is 4.02. The smallest absolute Gasteiger partial charge is 0.309 e. The lowest BCUT2D eigenvalue weighted by molar-refractivity contribution is -0.139. The van der Waals surface area contributed by atoms with Gasteiger partial charge in [-0.2, -0.15) is 0 Å². The molecule has 5 nitrogen and oxygen atoms in total. The fourth-order valence-corrected chi connectivity index (χ4v) is 2.99. The SMILES string of the molecule is CCCCCCCCCCCCNC(=O)C(=O)NC[C@@H]1CCCO1. The molecule has 1 heterocycles. The van der Waals surface area contributed by atoms with Gasteiger partial charge in [-0.25, -0.2) is 0 Å². The molecular weight excluding hydrogens is 304 g/mol. The first-order valence-corrected chi connectivity index (χ1v) is 9.91. The summed E-state index contributed by atoms with van der Waals surface area (Å²) < 4.78 is 5.41. The molecule has 2 amide bonds. The molecule has 24 heavy (non-hydrogen) atoms. The van der Waals surface area contributed by atoms with E-state index in [9.17, 15) is 9.59 Å².